The highest BCUT2D eigenvalue weighted by atomic mass is 16.8. The molecule has 1 heterocycles. The third-order valence-electron chi connectivity index (χ3n) is 12.7. The summed E-state index contributed by atoms with van der Waals surface area (Å²) in [6.07, 6.45) is 6.35. The summed E-state index contributed by atoms with van der Waals surface area (Å²) in [6, 6.07) is 0. The highest BCUT2D eigenvalue weighted by molar-refractivity contribution is 5.66. The fourth-order valence-electron chi connectivity index (χ4n) is 11.3. The molecule has 0 amide bonds. The van der Waals surface area contributed by atoms with Crippen LogP contribution >= 0.6 is 0 Å². The van der Waals surface area contributed by atoms with E-state index in [1.807, 2.05) is 6.92 Å². The zero-order chi connectivity index (χ0) is 26.5. The van der Waals surface area contributed by atoms with Crippen LogP contribution in [0.5, 0.6) is 0 Å². The third-order valence-corrected chi connectivity index (χ3v) is 12.7. The van der Waals surface area contributed by atoms with Crippen LogP contribution in [0.2, 0.25) is 0 Å². The lowest BCUT2D eigenvalue weighted by atomic mass is 9.33. The van der Waals surface area contributed by atoms with Crippen molar-refractivity contribution < 1.29 is 28.8 Å². The maximum Gasteiger partial charge on any atom is 0.302 e. The van der Waals surface area contributed by atoms with E-state index in [0.29, 0.717) is 23.7 Å². The Hall–Kier alpha value is -0.690. The molecule has 206 valence electrons. The number of carbonyl (C=O) groups is 1. The summed E-state index contributed by atoms with van der Waals surface area (Å²) in [5.74, 6) is -0.286. The molecule has 6 unspecified atom stereocenters. The standard InChI is InChI=1S/C30H50O6/c1-17(31)35-22-16-20-27(4)13-10-12-26(2,3)19(27)11-14-28(20,5)21-15-18(32)23-24(29(21,22)6)25(33-8)36-30(23,7)34-9/h18-25,32H,10-16H2,1-9H3/t18-,19?,20?,21?,22?,23+,24?,25?,27-,28+,29+,30-/m0/s1. The van der Waals surface area contributed by atoms with Crippen LogP contribution in [0.1, 0.15) is 93.4 Å². The summed E-state index contributed by atoms with van der Waals surface area (Å²) in [7, 11) is 3.32. The molecule has 1 aliphatic heterocycles. The number of esters is 1. The molecule has 5 fully saturated rings. The van der Waals surface area contributed by atoms with Crippen molar-refractivity contribution in [1.29, 1.82) is 0 Å². The molecule has 6 heteroatoms. The van der Waals surface area contributed by atoms with Gasteiger partial charge in [-0.05, 0) is 79.4 Å². The number of carbonyl (C=O) groups excluding carboxylic acids is 1. The maximum absolute atomic E-state index is 12.6. The van der Waals surface area contributed by atoms with Crippen molar-refractivity contribution in [3.63, 3.8) is 0 Å². The molecule has 36 heavy (non-hydrogen) atoms. The first-order valence-corrected chi connectivity index (χ1v) is 14.3. The third kappa shape index (κ3) is 3.39. The number of hydrogen-bond donors (Lipinski definition) is 1. The molecule has 0 spiro atoms. The van der Waals surface area contributed by atoms with Gasteiger partial charge >= 0.3 is 5.97 Å². The summed E-state index contributed by atoms with van der Waals surface area (Å²) in [5.41, 5.74) is 0.166. The minimum Gasteiger partial charge on any atom is -0.462 e. The van der Waals surface area contributed by atoms with Gasteiger partial charge in [-0.1, -0.05) is 41.0 Å². The predicted molar refractivity (Wildman–Crippen MR) is 137 cm³/mol. The summed E-state index contributed by atoms with van der Waals surface area (Å²) in [5, 5.41) is 11.7. The van der Waals surface area contributed by atoms with Gasteiger partial charge < -0.3 is 24.1 Å². The molecule has 4 saturated carbocycles. The van der Waals surface area contributed by atoms with E-state index in [4.69, 9.17) is 18.9 Å². The number of hydrogen-bond acceptors (Lipinski definition) is 6. The topological polar surface area (TPSA) is 74.2 Å². The molecular formula is C30H50O6. The number of methoxy groups -OCH3 is 2. The Kier molecular flexibility index (Phi) is 6.28. The van der Waals surface area contributed by atoms with Crippen molar-refractivity contribution in [2.75, 3.05) is 14.2 Å². The summed E-state index contributed by atoms with van der Waals surface area (Å²) in [4.78, 5) is 12.6. The van der Waals surface area contributed by atoms with Gasteiger partial charge in [0.1, 0.15) is 6.10 Å². The molecule has 5 aliphatic rings. The molecule has 0 aromatic heterocycles. The van der Waals surface area contributed by atoms with Crippen LogP contribution in [0.25, 0.3) is 0 Å². The second-order valence-electron chi connectivity index (χ2n) is 14.5. The van der Waals surface area contributed by atoms with Gasteiger partial charge in [0.05, 0.1) is 6.10 Å². The average Bonchev–Trinajstić information content (AvgIpc) is 3.11. The Balaban J connectivity index is 1.65. The van der Waals surface area contributed by atoms with Crippen LogP contribution in [-0.2, 0) is 23.7 Å². The first-order chi connectivity index (χ1) is 16.7. The molecule has 1 N–H and O–H groups in total. The zero-order valence-electron chi connectivity index (χ0n) is 24.1. The van der Waals surface area contributed by atoms with E-state index in [-0.39, 0.29) is 40.7 Å². The minimum atomic E-state index is -0.950. The van der Waals surface area contributed by atoms with Crippen molar-refractivity contribution in [1.82, 2.24) is 0 Å². The second-order valence-corrected chi connectivity index (χ2v) is 14.5. The van der Waals surface area contributed by atoms with Crippen LogP contribution < -0.4 is 0 Å². The minimum absolute atomic E-state index is 0.0420. The van der Waals surface area contributed by atoms with Gasteiger partial charge in [0.15, 0.2) is 12.1 Å². The highest BCUT2D eigenvalue weighted by Gasteiger charge is 2.75. The average molecular weight is 507 g/mol. The Morgan fingerprint density at radius 1 is 0.889 bits per heavy atom. The molecule has 4 aliphatic carbocycles. The molecule has 1 saturated heterocycles. The largest absolute Gasteiger partial charge is 0.462 e. The van der Waals surface area contributed by atoms with Gasteiger partial charge in [0.25, 0.3) is 0 Å². The van der Waals surface area contributed by atoms with Gasteiger partial charge in [0, 0.05) is 38.4 Å². The molecule has 0 bridgehead atoms. The van der Waals surface area contributed by atoms with Crippen molar-refractivity contribution >= 4 is 5.97 Å². The van der Waals surface area contributed by atoms with Crippen LogP contribution in [0.4, 0.5) is 0 Å². The SMILES string of the molecule is COC1O[C@](C)(OC)[C@H]2C1[C@@]1(C)C(OC(C)=O)CC3[C@@]4(C)CCCC(C)(C)C4CC[C@@]3(C)C1C[C@@H]2O. The van der Waals surface area contributed by atoms with Crippen LogP contribution in [0.3, 0.4) is 0 Å². The van der Waals surface area contributed by atoms with Crippen molar-refractivity contribution in [2.45, 2.75) is 118 Å². The van der Waals surface area contributed by atoms with Crippen LogP contribution in [0, 0.1) is 51.2 Å². The lowest BCUT2D eigenvalue weighted by Gasteiger charge is -2.71. The van der Waals surface area contributed by atoms with Gasteiger partial charge in [0.2, 0.25) is 0 Å². The molecule has 6 nitrogen and oxygen atoms in total. The number of aliphatic hydroxyl groups excluding tert-OH is 1. The lowest BCUT2D eigenvalue weighted by Crippen LogP contribution is -2.70. The number of fused-ring (bicyclic) bond motifs is 7. The second kappa shape index (κ2) is 8.40. The number of aliphatic hydroxyl groups is 1. The highest BCUT2D eigenvalue weighted by Crippen LogP contribution is 2.75. The van der Waals surface area contributed by atoms with E-state index in [1.54, 1.807) is 14.2 Å². The molecule has 5 rings (SSSR count). The molecular weight excluding hydrogens is 456 g/mol. The van der Waals surface area contributed by atoms with E-state index >= 15 is 0 Å². The van der Waals surface area contributed by atoms with E-state index < -0.39 is 23.6 Å². The Morgan fingerprint density at radius 3 is 2.17 bits per heavy atom. The molecule has 12 atom stereocenters. The molecule has 0 aromatic carbocycles. The Labute approximate surface area is 218 Å². The Morgan fingerprint density at radius 2 is 1.56 bits per heavy atom. The van der Waals surface area contributed by atoms with Crippen LogP contribution in [-0.4, -0.2) is 49.6 Å². The first-order valence-electron chi connectivity index (χ1n) is 14.3. The summed E-state index contributed by atoms with van der Waals surface area (Å²) < 4.78 is 24.5. The van der Waals surface area contributed by atoms with Gasteiger partial charge in [-0.15, -0.1) is 0 Å². The smallest absolute Gasteiger partial charge is 0.302 e. The molecule has 0 aromatic rings. The van der Waals surface area contributed by atoms with Gasteiger partial charge in [-0.25, -0.2) is 0 Å². The number of ether oxygens (including phenoxy) is 4. The monoisotopic (exact) mass is 506 g/mol. The fourth-order valence-corrected chi connectivity index (χ4v) is 11.3. The van der Waals surface area contributed by atoms with Gasteiger partial charge in [-0.2, -0.15) is 0 Å². The molecule has 0 radical (unpaired) electrons. The first kappa shape index (κ1) is 26.9. The fraction of sp³-hybridized carbons (Fsp3) is 0.967. The lowest BCUT2D eigenvalue weighted by molar-refractivity contribution is -0.278. The van der Waals surface area contributed by atoms with Crippen LogP contribution in [0.15, 0.2) is 0 Å². The number of rotatable bonds is 3. The summed E-state index contributed by atoms with van der Waals surface area (Å²) >= 11 is 0. The van der Waals surface area contributed by atoms with E-state index in [1.165, 1.54) is 32.6 Å². The van der Waals surface area contributed by atoms with Gasteiger partial charge in [-0.3, -0.25) is 4.79 Å². The van der Waals surface area contributed by atoms with Crippen molar-refractivity contribution in [2.24, 2.45) is 51.2 Å². The van der Waals surface area contributed by atoms with Crippen molar-refractivity contribution in [3.05, 3.63) is 0 Å². The van der Waals surface area contributed by atoms with Crippen molar-refractivity contribution in [3.8, 4) is 0 Å². The normalized spacial score (nSPS) is 55.6. The predicted octanol–water partition coefficient (Wildman–Crippen LogP) is 5.56. The quantitative estimate of drug-likeness (QED) is 0.506. The van der Waals surface area contributed by atoms with E-state index in [9.17, 15) is 9.90 Å². The summed E-state index contributed by atoms with van der Waals surface area (Å²) in [6.45, 7) is 15.7. The van der Waals surface area contributed by atoms with E-state index in [0.717, 1.165) is 12.8 Å². The Bertz CT molecular complexity index is 889. The zero-order valence-corrected chi connectivity index (χ0v) is 24.1. The van der Waals surface area contributed by atoms with E-state index in [2.05, 4.69) is 34.6 Å². The maximum atomic E-state index is 12.6.